The van der Waals surface area contributed by atoms with Gasteiger partial charge in [0.2, 0.25) is 5.91 Å². The Morgan fingerprint density at radius 2 is 1.74 bits per heavy atom. The maximum atomic E-state index is 12.8. The van der Waals surface area contributed by atoms with Crippen LogP contribution in [-0.2, 0) is 16.1 Å². The van der Waals surface area contributed by atoms with E-state index in [0.29, 0.717) is 33.7 Å². The van der Waals surface area contributed by atoms with E-state index in [-0.39, 0.29) is 12.5 Å². The molecule has 0 saturated heterocycles. The van der Waals surface area contributed by atoms with Crippen molar-refractivity contribution in [3.05, 3.63) is 107 Å². The molecule has 1 aromatic heterocycles. The standard InChI is InChI=1S/C30H26ClNO5S/c1-3-36-30(34)24-18-27(22-7-5-4-6-8-22)38-29(24)32-28(33)16-12-20-11-15-25(26(17-20)35-2)37-19-21-9-13-23(31)14-10-21/h4-18H,3,19H2,1-2H3,(H,32,33)/b16-12+. The number of anilines is 1. The molecule has 0 saturated carbocycles. The van der Waals surface area contributed by atoms with Crippen LogP contribution in [0.15, 0.2) is 84.9 Å². The molecule has 0 aliphatic rings. The summed E-state index contributed by atoms with van der Waals surface area (Å²) in [7, 11) is 1.56. The van der Waals surface area contributed by atoms with Crippen molar-refractivity contribution in [1.82, 2.24) is 0 Å². The number of halogens is 1. The second-order valence-corrected chi connectivity index (χ2v) is 9.58. The van der Waals surface area contributed by atoms with Crippen LogP contribution in [0.2, 0.25) is 5.02 Å². The molecule has 4 aromatic rings. The van der Waals surface area contributed by atoms with Crippen LogP contribution in [-0.4, -0.2) is 25.6 Å². The van der Waals surface area contributed by atoms with Crippen molar-refractivity contribution in [3.63, 3.8) is 0 Å². The maximum absolute atomic E-state index is 12.8. The van der Waals surface area contributed by atoms with Gasteiger partial charge < -0.3 is 19.5 Å². The van der Waals surface area contributed by atoms with Gasteiger partial charge in [-0.1, -0.05) is 60.1 Å². The molecular formula is C30H26ClNO5S. The topological polar surface area (TPSA) is 73.9 Å². The zero-order valence-corrected chi connectivity index (χ0v) is 22.5. The smallest absolute Gasteiger partial charge is 0.341 e. The highest BCUT2D eigenvalue weighted by molar-refractivity contribution is 7.20. The highest BCUT2D eigenvalue weighted by Crippen LogP contribution is 2.36. The summed E-state index contributed by atoms with van der Waals surface area (Å²) in [5, 5.41) is 3.92. The minimum Gasteiger partial charge on any atom is -0.493 e. The fraction of sp³-hybridized carbons (Fsp3) is 0.133. The number of rotatable bonds is 10. The molecule has 0 aliphatic heterocycles. The normalized spacial score (nSPS) is 10.8. The summed E-state index contributed by atoms with van der Waals surface area (Å²) in [6, 6.07) is 24.2. The third kappa shape index (κ3) is 7.03. The predicted octanol–water partition coefficient (Wildman–Crippen LogP) is 7.48. The number of benzene rings is 3. The average Bonchev–Trinajstić information content (AvgIpc) is 3.36. The highest BCUT2D eigenvalue weighted by Gasteiger charge is 2.19. The Balaban J connectivity index is 1.46. The number of amides is 1. The zero-order chi connectivity index (χ0) is 26.9. The van der Waals surface area contributed by atoms with Crippen LogP contribution >= 0.6 is 22.9 Å². The molecule has 0 fully saturated rings. The fourth-order valence-corrected chi connectivity index (χ4v) is 4.74. The first-order valence-electron chi connectivity index (χ1n) is 11.9. The first kappa shape index (κ1) is 27.0. The van der Waals surface area contributed by atoms with Gasteiger partial charge in [-0.15, -0.1) is 11.3 Å². The van der Waals surface area contributed by atoms with Crippen molar-refractivity contribution in [1.29, 1.82) is 0 Å². The van der Waals surface area contributed by atoms with Gasteiger partial charge in [0, 0.05) is 16.0 Å². The highest BCUT2D eigenvalue weighted by atomic mass is 35.5. The predicted molar refractivity (Wildman–Crippen MR) is 152 cm³/mol. The molecule has 194 valence electrons. The second kappa shape index (κ2) is 12.9. The number of hydrogen-bond donors (Lipinski definition) is 1. The van der Waals surface area contributed by atoms with Gasteiger partial charge in [-0.05, 0) is 60.0 Å². The Morgan fingerprint density at radius 3 is 2.45 bits per heavy atom. The number of methoxy groups -OCH3 is 1. The number of esters is 1. The lowest BCUT2D eigenvalue weighted by Crippen LogP contribution is -2.11. The van der Waals surface area contributed by atoms with Crippen LogP contribution in [0.25, 0.3) is 16.5 Å². The van der Waals surface area contributed by atoms with Gasteiger partial charge in [0.1, 0.15) is 11.6 Å². The summed E-state index contributed by atoms with van der Waals surface area (Å²) in [6.07, 6.45) is 3.07. The second-order valence-electron chi connectivity index (χ2n) is 8.09. The molecule has 0 aliphatic carbocycles. The van der Waals surface area contributed by atoms with Gasteiger partial charge in [-0.2, -0.15) is 0 Å². The molecule has 1 heterocycles. The van der Waals surface area contributed by atoms with E-state index in [0.717, 1.165) is 21.6 Å². The Labute approximate surface area is 230 Å². The molecule has 0 bridgehead atoms. The van der Waals surface area contributed by atoms with Crippen molar-refractivity contribution in [3.8, 4) is 21.9 Å². The Hall–Kier alpha value is -4.07. The van der Waals surface area contributed by atoms with Gasteiger partial charge in [0.25, 0.3) is 0 Å². The minimum absolute atomic E-state index is 0.240. The summed E-state index contributed by atoms with van der Waals surface area (Å²) >= 11 is 7.25. The third-order valence-corrected chi connectivity index (χ3v) is 6.80. The minimum atomic E-state index is -0.482. The molecule has 1 N–H and O–H groups in total. The van der Waals surface area contributed by atoms with E-state index in [1.165, 1.54) is 17.4 Å². The number of carbonyl (C=O) groups is 2. The van der Waals surface area contributed by atoms with Crippen molar-refractivity contribution in [2.24, 2.45) is 0 Å². The third-order valence-electron chi connectivity index (χ3n) is 5.44. The first-order valence-corrected chi connectivity index (χ1v) is 13.1. The van der Waals surface area contributed by atoms with E-state index in [4.69, 9.17) is 25.8 Å². The number of hydrogen-bond acceptors (Lipinski definition) is 6. The number of nitrogens with one attached hydrogen (secondary N) is 1. The van der Waals surface area contributed by atoms with Gasteiger partial charge in [0.15, 0.2) is 11.5 Å². The van der Waals surface area contributed by atoms with Crippen LogP contribution in [0.3, 0.4) is 0 Å². The molecule has 8 heteroatoms. The van der Waals surface area contributed by atoms with E-state index < -0.39 is 5.97 Å². The number of carbonyl (C=O) groups excluding carboxylic acids is 2. The number of thiophene rings is 1. The fourth-order valence-electron chi connectivity index (χ4n) is 3.56. The van der Waals surface area contributed by atoms with Crippen LogP contribution < -0.4 is 14.8 Å². The quantitative estimate of drug-likeness (QED) is 0.164. The van der Waals surface area contributed by atoms with E-state index in [1.807, 2.05) is 60.7 Å². The molecule has 0 unspecified atom stereocenters. The maximum Gasteiger partial charge on any atom is 0.341 e. The van der Waals surface area contributed by atoms with Crippen LogP contribution in [0.4, 0.5) is 5.00 Å². The Morgan fingerprint density at radius 1 is 0.974 bits per heavy atom. The van der Waals surface area contributed by atoms with Crippen LogP contribution in [0.1, 0.15) is 28.4 Å². The lowest BCUT2D eigenvalue weighted by Gasteiger charge is -2.11. The average molecular weight is 548 g/mol. The van der Waals surface area contributed by atoms with E-state index >= 15 is 0 Å². The summed E-state index contributed by atoms with van der Waals surface area (Å²) in [5.74, 6) is 0.259. The van der Waals surface area contributed by atoms with E-state index in [9.17, 15) is 9.59 Å². The molecule has 1 amide bonds. The Bertz CT molecular complexity index is 1430. The van der Waals surface area contributed by atoms with Crippen molar-refractivity contribution < 1.29 is 23.8 Å². The van der Waals surface area contributed by atoms with Crippen molar-refractivity contribution in [2.75, 3.05) is 19.0 Å². The Kier molecular flexibility index (Phi) is 9.19. The number of ether oxygens (including phenoxy) is 3. The summed E-state index contributed by atoms with van der Waals surface area (Å²) in [6.45, 7) is 2.34. The summed E-state index contributed by atoms with van der Waals surface area (Å²) in [4.78, 5) is 26.1. The molecular weight excluding hydrogens is 522 g/mol. The lowest BCUT2D eigenvalue weighted by atomic mass is 10.1. The summed E-state index contributed by atoms with van der Waals surface area (Å²) < 4.78 is 16.6. The molecule has 0 spiro atoms. The summed E-state index contributed by atoms with van der Waals surface area (Å²) in [5.41, 5.74) is 2.99. The largest absolute Gasteiger partial charge is 0.493 e. The molecule has 3 aromatic carbocycles. The van der Waals surface area contributed by atoms with Gasteiger partial charge >= 0.3 is 5.97 Å². The van der Waals surface area contributed by atoms with E-state index in [2.05, 4.69) is 5.32 Å². The van der Waals surface area contributed by atoms with Gasteiger partial charge in [-0.3, -0.25) is 4.79 Å². The van der Waals surface area contributed by atoms with Crippen molar-refractivity contribution in [2.45, 2.75) is 13.5 Å². The first-order chi connectivity index (χ1) is 18.5. The van der Waals surface area contributed by atoms with Crippen molar-refractivity contribution >= 4 is 45.9 Å². The lowest BCUT2D eigenvalue weighted by molar-refractivity contribution is -0.111. The SMILES string of the molecule is CCOC(=O)c1cc(-c2ccccc2)sc1NC(=O)/C=C/c1ccc(OCc2ccc(Cl)cc2)c(OC)c1. The molecule has 6 nitrogen and oxygen atoms in total. The monoisotopic (exact) mass is 547 g/mol. The molecule has 4 rings (SSSR count). The zero-order valence-electron chi connectivity index (χ0n) is 20.9. The van der Waals surface area contributed by atoms with Gasteiger partial charge in [-0.25, -0.2) is 4.79 Å². The molecule has 0 radical (unpaired) electrons. The van der Waals surface area contributed by atoms with Gasteiger partial charge in [0.05, 0.1) is 19.3 Å². The van der Waals surface area contributed by atoms with Crippen LogP contribution in [0.5, 0.6) is 11.5 Å². The molecule has 0 atom stereocenters. The van der Waals surface area contributed by atoms with Crippen LogP contribution in [0, 0.1) is 0 Å². The molecule has 38 heavy (non-hydrogen) atoms. The van der Waals surface area contributed by atoms with E-state index in [1.54, 1.807) is 38.3 Å².